The van der Waals surface area contributed by atoms with E-state index in [2.05, 4.69) is 0 Å². The predicted molar refractivity (Wildman–Crippen MR) is 189 cm³/mol. The van der Waals surface area contributed by atoms with Gasteiger partial charge < -0.3 is 4.79 Å². The van der Waals surface area contributed by atoms with Gasteiger partial charge in [-0.05, 0) is 82.5 Å². The molecule has 5 rings (SSSR count). The van der Waals surface area contributed by atoms with E-state index >= 15 is 0 Å². The van der Waals surface area contributed by atoms with Gasteiger partial charge in [-0.3, -0.25) is 24.0 Å². The van der Waals surface area contributed by atoms with E-state index in [0.717, 1.165) is 27.5 Å². The lowest BCUT2D eigenvalue weighted by atomic mass is 10.0. The summed E-state index contributed by atoms with van der Waals surface area (Å²) >= 11 is 0. The van der Waals surface area contributed by atoms with Crippen LogP contribution in [0.25, 0.3) is 21.9 Å². The molecule has 0 bridgehead atoms. The van der Waals surface area contributed by atoms with Crippen LogP contribution in [0.1, 0.15) is 100 Å². The molecule has 0 heterocycles. The summed E-state index contributed by atoms with van der Waals surface area (Å²) in [5.74, 6) is 0.521. The number of carbonyl (C=O) groups is 6. The molecule has 0 aliphatic carbocycles. The highest BCUT2D eigenvalue weighted by Crippen LogP contribution is 2.21. The number of hydrogen-bond donors (Lipinski definition) is 0. The Bertz CT molecular complexity index is 1750. The van der Waals surface area contributed by atoms with E-state index in [-0.39, 0.29) is 34.7 Å². The van der Waals surface area contributed by atoms with E-state index in [4.69, 9.17) is 0 Å². The van der Waals surface area contributed by atoms with Gasteiger partial charge >= 0.3 is 0 Å². The number of carbonyl (C=O) groups excluding carboxylic acids is 6. The van der Waals surface area contributed by atoms with Crippen molar-refractivity contribution in [3.63, 3.8) is 0 Å². The average Bonchev–Trinajstić information content (AvgIpc) is 3.05. The number of Topliss-reactive ketones (excluding diaryl/α,β-unsaturated/α-hetero) is 6. The Hall–Kier alpha value is -5.62. The summed E-state index contributed by atoms with van der Waals surface area (Å²) in [6.07, 6.45) is 0. The van der Waals surface area contributed by atoms with Crippen molar-refractivity contribution in [1.82, 2.24) is 0 Å². The van der Waals surface area contributed by atoms with Gasteiger partial charge in [0.05, 0.1) is 0 Å². The lowest BCUT2D eigenvalue weighted by Crippen LogP contribution is -1.93. The first-order valence-corrected chi connectivity index (χ1v) is 15.0. The molecule has 0 aromatic heterocycles. The first kappa shape index (κ1) is 37.6. The van der Waals surface area contributed by atoms with E-state index in [1.165, 1.54) is 13.8 Å². The van der Waals surface area contributed by atoms with Gasteiger partial charge in [0.1, 0.15) is 5.78 Å². The standard InChI is InChI=1S/C16H14O2.C14H12O2.C8H8O.C3H6O/c1-11(17)13-3-7-15(8-4-13)16-9-5-14(6-10-16)12(2)18;1-9(15)11-3-5-14-8-12(10(2)16)4-6-13(14)7-11;1-7(9)8-5-3-2-4-6-8;1-3(2)4/h3-10H,1-2H3;3-8H,1-2H3;2-6H,1H3;1-2H3. The molecule has 0 amide bonds. The molecular weight excluding hydrogens is 588 g/mol. The van der Waals surface area contributed by atoms with Crippen molar-refractivity contribution in [3.05, 3.63) is 143 Å². The summed E-state index contributed by atoms with van der Waals surface area (Å²) in [4.78, 5) is 64.9. The van der Waals surface area contributed by atoms with Crippen molar-refractivity contribution in [2.45, 2.75) is 48.5 Å². The largest absolute Gasteiger partial charge is 0.300 e. The monoisotopic (exact) mass is 628 g/mol. The van der Waals surface area contributed by atoms with Crippen molar-refractivity contribution < 1.29 is 28.8 Å². The molecule has 5 aromatic rings. The third-order valence-electron chi connectivity index (χ3n) is 6.75. The van der Waals surface area contributed by atoms with Gasteiger partial charge in [0.15, 0.2) is 28.9 Å². The molecule has 6 heteroatoms. The van der Waals surface area contributed by atoms with Gasteiger partial charge in [0.25, 0.3) is 0 Å². The molecule has 0 atom stereocenters. The van der Waals surface area contributed by atoms with Crippen LogP contribution in [0.2, 0.25) is 0 Å². The van der Waals surface area contributed by atoms with Crippen LogP contribution < -0.4 is 0 Å². The summed E-state index contributed by atoms with van der Waals surface area (Å²) < 4.78 is 0. The van der Waals surface area contributed by atoms with Crippen molar-refractivity contribution in [2.24, 2.45) is 0 Å². The zero-order valence-electron chi connectivity index (χ0n) is 27.9. The smallest absolute Gasteiger partial charge is 0.159 e. The minimum absolute atomic E-state index is 0.0533. The highest BCUT2D eigenvalue weighted by Gasteiger charge is 2.05. The Morgan fingerprint density at radius 1 is 0.319 bits per heavy atom. The fraction of sp³-hybridized carbons (Fsp3) is 0.171. The third kappa shape index (κ3) is 12.7. The van der Waals surface area contributed by atoms with Crippen LogP contribution in [0.15, 0.2) is 115 Å². The molecule has 0 radical (unpaired) electrons. The van der Waals surface area contributed by atoms with Crippen LogP contribution in [-0.4, -0.2) is 34.7 Å². The van der Waals surface area contributed by atoms with Crippen LogP contribution in [0.5, 0.6) is 0 Å². The topological polar surface area (TPSA) is 102 Å². The minimum Gasteiger partial charge on any atom is -0.300 e. The van der Waals surface area contributed by atoms with Crippen molar-refractivity contribution in [3.8, 4) is 11.1 Å². The fourth-order valence-electron chi connectivity index (χ4n) is 4.15. The lowest BCUT2D eigenvalue weighted by Gasteiger charge is -2.03. The Morgan fingerprint density at radius 3 is 0.830 bits per heavy atom. The zero-order chi connectivity index (χ0) is 35.1. The third-order valence-corrected chi connectivity index (χ3v) is 6.75. The normalized spacial score (nSPS) is 9.68. The number of hydrogen-bond acceptors (Lipinski definition) is 6. The summed E-state index contributed by atoms with van der Waals surface area (Å²) in [5.41, 5.74) is 5.66. The highest BCUT2D eigenvalue weighted by molar-refractivity contribution is 6.02. The number of fused-ring (bicyclic) bond motifs is 1. The van der Waals surface area contributed by atoms with Gasteiger partial charge in [-0.25, -0.2) is 0 Å². The van der Waals surface area contributed by atoms with Gasteiger partial charge in [0, 0.05) is 27.8 Å². The second kappa shape index (κ2) is 18.4. The Labute approximate surface area is 276 Å². The second-order valence-electron chi connectivity index (χ2n) is 11.0. The van der Waals surface area contributed by atoms with E-state index in [0.29, 0.717) is 22.3 Å². The van der Waals surface area contributed by atoms with E-state index < -0.39 is 0 Å². The van der Waals surface area contributed by atoms with Crippen LogP contribution in [0.4, 0.5) is 0 Å². The van der Waals surface area contributed by atoms with Gasteiger partial charge in [-0.15, -0.1) is 0 Å². The molecule has 0 N–H and O–H groups in total. The Balaban J connectivity index is 0.000000242. The number of rotatable bonds is 6. The maximum Gasteiger partial charge on any atom is 0.159 e. The summed E-state index contributed by atoms with van der Waals surface area (Å²) in [6.45, 7) is 10.8. The van der Waals surface area contributed by atoms with Crippen molar-refractivity contribution in [1.29, 1.82) is 0 Å². The van der Waals surface area contributed by atoms with Crippen LogP contribution in [-0.2, 0) is 4.79 Å². The first-order chi connectivity index (χ1) is 22.2. The molecule has 0 spiro atoms. The Morgan fingerprint density at radius 2 is 0.574 bits per heavy atom. The van der Waals surface area contributed by atoms with E-state index in [9.17, 15) is 28.8 Å². The molecule has 0 fully saturated rings. The molecule has 47 heavy (non-hydrogen) atoms. The summed E-state index contributed by atoms with van der Waals surface area (Å²) in [6, 6.07) is 35.2. The zero-order valence-corrected chi connectivity index (χ0v) is 27.9. The summed E-state index contributed by atoms with van der Waals surface area (Å²) in [7, 11) is 0. The Kier molecular flexibility index (Phi) is 14.7. The first-order valence-electron chi connectivity index (χ1n) is 15.0. The summed E-state index contributed by atoms with van der Waals surface area (Å²) in [5, 5.41) is 1.97. The van der Waals surface area contributed by atoms with Crippen molar-refractivity contribution >= 4 is 45.5 Å². The minimum atomic E-state index is 0.0533. The number of ketones is 6. The molecule has 0 aliphatic heterocycles. The van der Waals surface area contributed by atoms with E-state index in [1.807, 2.05) is 103 Å². The maximum atomic E-state index is 11.2. The molecule has 6 nitrogen and oxygen atoms in total. The van der Waals surface area contributed by atoms with Crippen LogP contribution in [0.3, 0.4) is 0 Å². The molecule has 0 saturated carbocycles. The van der Waals surface area contributed by atoms with Crippen molar-refractivity contribution in [2.75, 3.05) is 0 Å². The molecule has 0 aliphatic rings. The molecule has 240 valence electrons. The lowest BCUT2D eigenvalue weighted by molar-refractivity contribution is -0.115. The molecule has 0 saturated heterocycles. The quantitative estimate of drug-likeness (QED) is 0.174. The predicted octanol–water partition coefficient (Wildman–Crippen LogP) is 9.49. The molecular formula is C41H40O6. The van der Waals surface area contributed by atoms with Gasteiger partial charge in [-0.2, -0.15) is 0 Å². The molecule has 0 unspecified atom stereocenters. The fourth-order valence-corrected chi connectivity index (χ4v) is 4.15. The highest BCUT2D eigenvalue weighted by atomic mass is 16.1. The van der Waals surface area contributed by atoms with Gasteiger partial charge in [-0.1, -0.05) is 103 Å². The maximum absolute atomic E-state index is 11.2. The number of benzene rings is 5. The van der Waals surface area contributed by atoms with Gasteiger partial charge in [0.2, 0.25) is 0 Å². The van der Waals surface area contributed by atoms with Crippen LogP contribution in [0, 0.1) is 0 Å². The SMILES string of the molecule is CC(=O)c1ccc(-c2ccc(C(C)=O)cc2)cc1.CC(=O)c1ccc2cc(C(C)=O)ccc2c1.CC(=O)c1ccccc1.CC(C)=O. The molecule has 5 aromatic carbocycles. The van der Waals surface area contributed by atoms with Crippen LogP contribution >= 0.6 is 0 Å². The van der Waals surface area contributed by atoms with E-state index in [1.54, 1.807) is 46.8 Å². The average molecular weight is 629 g/mol. The second-order valence-corrected chi connectivity index (χ2v) is 11.0.